The molecule has 0 saturated carbocycles. The number of rotatable bonds is 3. The molecule has 1 heterocycles. The summed E-state index contributed by atoms with van der Waals surface area (Å²) in [6, 6.07) is 3.11. The topological polar surface area (TPSA) is 83.0 Å². The van der Waals surface area contributed by atoms with E-state index in [2.05, 4.69) is 5.16 Å². The fourth-order valence-electron chi connectivity index (χ4n) is 0.758. The summed E-state index contributed by atoms with van der Waals surface area (Å²) in [5, 5.41) is 19.6. The van der Waals surface area contributed by atoms with E-state index < -0.39 is 5.97 Å². The van der Waals surface area contributed by atoms with Gasteiger partial charge in [-0.2, -0.15) is 0 Å². The Balaban J connectivity index is 2.78. The van der Waals surface area contributed by atoms with Crippen LogP contribution in [-0.2, 0) is 4.79 Å². The molecule has 64 valence electrons. The number of hydrogen-bond acceptors (Lipinski definition) is 4. The summed E-state index contributed by atoms with van der Waals surface area (Å²) in [6.45, 7) is 0. The molecule has 0 radical (unpaired) electrons. The molecule has 0 aliphatic heterocycles. The van der Waals surface area contributed by atoms with Crippen LogP contribution >= 0.6 is 0 Å². The van der Waals surface area contributed by atoms with E-state index in [1.54, 1.807) is 6.07 Å². The van der Waals surface area contributed by atoms with Crippen LogP contribution in [-0.4, -0.2) is 22.0 Å². The summed E-state index contributed by atoms with van der Waals surface area (Å²) in [7, 11) is 0. The Kier molecular flexibility index (Phi) is 2.47. The minimum Gasteiger partial charge on any atom is -0.481 e. The maximum absolute atomic E-state index is 10.2. The highest BCUT2D eigenvalue weighted by Gasteiger charge is 2.11. The van der Waals surface area contributed by atoms with Gasteiger partial charge in [0.2, 0.25) is 0 Å². The number of carbonyl (C=O) groups is 1. The number of hydrogen-bond donors (Lipinski definition) is 2. The highest BCUT2D eigenvalue weighted by atomic mass is 16.4. The van der Waals surface area contributed by atoms with E-state index in [1.165, 1.54) is 12.3 Å². The van der Waals surface area contributed by atoms with E-state index >= 15 is 0 Å². The monoisotopic (exact) mass is 169 g/mol. The average molecular weight is 169 g/mol. The Morgan fingerprint density at radius 1 is 1.67 bits per heavy atom. The Morgan fingerprint density at radius 3 is 2.83 bits per heavy atom. The minimum absolute atomic E-state index is 0.00694. The summed E-state index contributed by atoms with van der Waals surface area (Å²) in [4.78, 5) is 10.2. The molecule has 5 nitrogen and oxygen atoms in total. The third-order valence-corrected chi connectivity index (χ3v) is 1.24. The summed E-state index contributed by atoms with van der Waals surface area (Å²) in [5.41, 5.74) is 0.00694. The van der Waals surface area contributed by atoms with Crippen molar-refractivity contribution in [2.75, 3.05) is 0 Å². The fourth-order valence-corrected chi connectivity index (χ4v) is 0.758. The zero-order chi connectivity index (χ0) is 8.97. The molecule has 0 atom stereocenters. The number of oxime groups is 1. The first-order chi connectivity index (χ1) is 5.74. The second-order valence-electron chi connectivity index (χ2n) is 2.09. The molecule has 0 aliphatic rings. The van der Waals surface area contributed by atoms with Crippen LogP contribution in [0.25, 0.3) is 0 Å². The molecule has 0 spiro atoms. The van der Waals surface area contributed by atoms with Gasteiger partial charge in [0.1, 0.15) is 5.71 Å². The van der Waals surface area contributed by atoms with E-state index in [4.69, 9.17) is 14.7 Å². The Bertz CT molecular complexity index is 288. The molecular weight excluding hydrogens is 162 g/mol. The molecule has 0 unspecified atom stereocenters. The number of carboxylic acids is 1. The van der Waals surface area contributed by atoms with Crippen molar-refractivity contribution in [3.8, 4) is 0 Å². The van der Waals surface area contributed by atoms with Crippen LogP contribution < -0.4 is 0 Å². The molecule has 0 amide bonds. The first-order valence-electron chi connectivity index (χ1n) is 3.20. The molecule has 2 N–H and O–H groups in total. The standard InChI is InChI=1S/C7H7NO4/c9-7(10)4-5(8-11)6-2-1-3-12-6/h1-3,11H,4H2,(H,9,10). The zero-order valence-corrected chi connectivity index (χ0v) is 6.10. The quantitative estimate of drug-likeness (QED) is 0.400. The average Bonchev–Trinajstić information content (AvgIpc) is 2.51. The normalized spacial score (nSPS) is 11.5. The van der Waals surface area contributed by atoms with Crippen LogP contribution in [0.4, 0.5) is 0 Å². The van der Waals surface area contributed by atoms with Crippen molar-refractivity contribution in [2.45, 2.75) is 6.42 Å². The lowest BCUT2D eigenvalue weighted by atomic mass is 10.2. The molecule has 0 fully saturated rings. The summed E-state index contributed by atoms with van der Waals surface area (Å²) in [5.74, 6) is -0.806. The maximum atomic E-state index is 10.2. The van der Waals surface area contributed by atoms with Crippen LogP contribution in [0.3, 0.4) is 0 Å². The lowest BCUT2D eigenvalue weighted by Crippen LogP contribution is -2.07. The van der Waals surface area contributed by atoms with Crippen molar-refractivity contribution in [1.82, 2.24) is 0 Å². The van der Waals surface area contributed by atoms with Crippen molar-refractivity contribution in [1.29, 1.82) is 0 Å². The number of carboxylic acid groups (broad SMARTS) is 1. The highest BCUT2D eigenvalue weighted by molar-refractivity contribution is 6.06. The van der Waals surface area contributed by atoms with E-state index in [1.807, 2.05) is 0 Å². The molecular formula is C7H7NO4. The van der Waals surface area contributed by atoms with Crippen molar-refractivity contribution >= 4 is 11.7 Å². The largest absolute Gasteiger partial charge is 0.481 e. The van der Waals surface area contributed by atoms with Gasteiger partial charge in [0.15, 0.2) is 5.76 Å². The van der Waals surface area contributed by atoms with Gasteiger partial charge < -0.3 is 14.7 Å². The number of furan rings is 1. The second-order valence-corrected chi connectivity index (χ2v) is 2.09. The van der Waals surface area contributed by atoms with Gasteiger partial charge in [-0.3, -0.25) is 4.79 Å². The number of aliphatic carboxylic acids is 1. The molecule has 0 aliphatic carbocycles. The van der Waals surface area contributed by atoms with Crippen molar-refractivity contribution in [3.05, 3.63) is 24.2 Å². The van der Waals surface area contributed by atoms with Crippen molar-refractivity contribution in [2.24, 2.45) is 5.16 Å². The van der Waals surface area contributed by atoms with Gasteiger partial charge in [0.05, 0.1) is 12.7 Å². The first-order valence-corrected chi connectivity index (χ1v) is 3.20. The SMILES string of the molecule is O=C(O)CC(=NO)c1ccco1. The van der Waals surface area contributed by atoms with Gasteiger partial charge in [0.25, 0.3) is 0 Å². The highest BCUT2D eigenvalue weighted by Crippen LogP contribution is 2.04. The molecule has 0 aromatic carbocycles. The van der Waals surface area contributed by atoms with Crippen LogP contribution in [0.15, 0.2) is 28.0 Å². The molecule has 0 bridgehead atoms. The van der Waals surface area contributed by atoms with Crippen LogP contribution in [0.2, 0.25) is 0 Å². The lowest BCUT2D eigenvalue weighted by molar-refractivity contribution is -0.135. The maximum Gasteiger partial charge on any atom is 0.309 e. The van der Waals surface area contributed by atoms with E-state index in [0.29, 0.717) is 0 Å². The minimum atomic E-state index is -1.07. The van der Waals surface area contributed by atoms with Crippen molar-refractivity contribution < 1.29 is 19.5 Å². The fraction of sp³-hybridized carbons (Fsp3) is 0.143. The second kappa shape index (κ2) is 3.56. The van der Waals surface area contributed by atoms with E-state index in [0.717, 1.165) is 0 Å². The number of nitrogens with zero attached hydrogens (tertiary/aromatic N) is 1. The van der Waals surface area contributed by atoms with Gasteiger partial charge in [0, 0.05) is 0 Å². The van der Waals surface area contributed by atoms with Crippen LogP contribution in [0, 0.1) is 0 Å². The molecule has 12 heavy (non-hydrogen) atoms. The summed E-state index contributed by atoms with van der Waals surface area (Å²) in [6.07, 6.45) is 1.02. The Labute approximate surface area is 67.9 Å². The van der Waals surface area contributed by atoms with Gasteiger partial charge in [-0.05, 0) is 12.1 Å². The summed E-state index contributed by atoms with van der Waals surface area (Å²) >= 11 is 0. The predicted octanol–water partition coefficient (Wildman–Crippen LogP) is 0.933. The molecule has 1 aromatic heterocycles. The summed E-state index contributed by atoms with van der Waals surface area (Å²) < 4.78 is 4.83. The Morgan fingerprint density at radius 2 is 2.42 bits per heavy atom. The zero-order valence-electron chi connectivity index (χ0n) is 6.10. The van der Waals surface area contributed by atoms with Crippen LogP contribution in [0.1, 0.15) is 12.2 Å². The van der Waals surface area contributed by atoms with Gasteiger partial charge in [-0.15, -0.1) is 0 Å². The van der Waals surface area contributed by atoms with Crippen LogP contribution in [0.5, 0.6) is 0 Å². The van der Waals surface area contributed by atoms with E-state index in [9.17, 15) is 4.79 Å². The molecule has 5 heteroatoms. The van der Waals surface area contributed by atoms with Gasteiger partial charge in [-0.25, -0.2) is 0 Å². The predicted molar refractivity (Wildman–Crippen MR) is 39.3 cm³/mol. The molecule has 0 saturated heterocycles. The van der Waals surface area contributed by atoms with Gasteiger partial charge >= 0.3 is 5.97 Å². The lowest BCUT2D eigenvalue weighted by Gasteiger charge is -1.94. The molecule has 1 aromatic rings. The third kappa shape index (κ3) is 1.85. The Hall–Kier alpha value is -1.78. The van der Waals surface area contributed by atoms with Gasteiger partial charge in [-0.1, -0.05) is 5.16 Å². The smallest absolute Gasteiger partial charge is 0.309 e. The first kappa shape index (κ1) is 8.32. The van der Waals surface area contributed by atoms with Crippen molar-refractivity contribution in [3.63, 3.8) is 0 Å². The molecule has 1 rings (SSSR count). The third-order valence-electron chi connectivity index (χ3n) is 1.24. The van der Waals surface area contributed by atoms with E-state index in [-0.39, 0.29) is 17.9 Å².